The van der Waals surface area contributed by atoms with Crippen LogP contribution in [0, 0.1) is 0 Å². The smallest absolute Gasteiger partial charge is 0.251 e. The topological polar surface area (TPSA) is 42.0 Å². The van der Waals surface area contributed by atoms with Crippen LogP contribution in [-0.4, -0.2) is 10.9 Å². The van der Waals surface area contributed by atoms with Crippen LogP contribution in [0.15, 0.2) is 53.3 Å². The second kappa shape index (κ2) is 5.53. The van der Waals surface area contributed by atoms with Gasteiger partial charge < -0.3 is 5.32 Å². The van der Waals surface area contributed by atoms with Crippen LogP contribution in [0.4, 0.5) is 0 Å². The second-order valence-electron chi connectivity index (χ2n) is 4.83. The van der Waals surface area contributed by atoms with Gasteiger partial charge in [-0.25, -0.2) is 0 Å². The van der Waals surface area contributed by atoms with E-state index < -0.39 is 5.54 Å². The number of pyridine rings is 1. The molecule has 0 aliphatic carbocycles. The molecule has 2 rings (SSSR count). The quantitative estimate of drug-likeness (QED) is 0.941. The zero-order chi connectivity index (χ0) is 13.9. The maximum Gasteiger partial charge on any atom is 0.251 e. The molecule has 98 valence electrons. The van der Waals surface area contributed by atoms with Gasteiger partial charge in [-0.1, -0.05) is 28.1 Å². The highest BCUT2D eigenvalue weighted by molar-refractivity contribution is 9.10. The van der Waals surface area contributed by atoms with Crippen LogP contribution in [0.2, 0.25) is 0 Å². The molecule has 0 radical (unpaired) electrons. The van der Waals surface area contributed by atoms with Crippen molar-refractivity contribution in [2.24, 2.45) is 0 Å². The zero-order valence-electron chi connectivity index (χ0n) is 10.9. The van der Waals surface area contributed by atoms with Gasteiger partial charge in [-0.2, -0.15) is 0 Å². The minimum atomic E-state index is -0.465. The summed E-state index contributed by atoms with van der Waals surface area (Å²) in [5.74, 6) is -0.102. The fraction of sp³-hybridized carbons (Fsp3) is 0.200. The SMILES string of the molecule is CC(C)(NC(=O)c1cccc(Br)c1)c1cccnc1. The van der Waals surface area contributed by atoms with Crippen molar-refractivity contribution in [3.8, 4) is 0 Å². The Morgan fingerprint density at radius 2 is 2.05 bits per heavy atom. The van der Waals surface area contributed by atoms with Crippen molar-refractivity contribution < 1.29 is 4.79 Å². The Balaban J connectivity index is 2.19. The molecule has 0 spiro atoms. The predicted molar refractivity (Wildman–Crippen MR) is 78.9 cm³/mol. The first kappa shape index (κ1) is 13.7. The normalized spacial score (nSPS) is 11.1. The standard InChI is InChI=1S/C15H15BrN2O/c1-15(2,12-6-4-8-17-10-12)18-14(19)11-5-3-7-13(16)9-11/h3-10H,1-2H3,(H,18,19). The molecule has 19 heavy (non-hydrogen) atoms. The van der Waals surface area contributed by atoms with Gasteiger partial charge in [0, 0.05) is 22.4 Å². The number of halogens is 1. The van der Waals surface area contributed by atoms with E-state index in [1.807, 2.05) is 38.1 Å². The van der Waals surface area contributed by atoms with Gasteiger partial charge >= 0.3 is 0 Å². The molecule has 1 aromatic heterocycles. The Morgan fingerprint density at radius 1 is 1.26 bits per heavy atom. The van der Waals surface area contributed by atoms with Crippen LogP contribution in [0.3, 0.4) is 0 Å². The highest BCUT2D eigenvalue weighted by atomic mass is 79.9. The number of aromatic nitrogens is 1. The van der Waals surface area contributed by atoms with Crippen LogP contribution in [0.5, 0.6) is 0 Å². The lowest BCUT2D eigenvalue weighted by Crippen LogP contribution is -2.41. The van der Waals surface area contributed by atoms with E-state index in [2.05, 4.69) is 26.2 Å². The Labute approximate surface area is 121 Å². The zero-order valence-corrected chi connectivity index (χ0v) is 12.4. The highest BCUT2D eigenvalue weighted by Gasteiger charge is 2.23. The molecule has 0 atom stereocenters. The lowest BCUT2D eigenvalue weighted by Gasteiger charge is -2.26. The largest absolute Gasteiger partial charge is 0.343 e. The molecule has 0 unspecified atom stereocenters. The van der Waals surface area contributed by atoms with Crippen LogP contribution in [-0.2, 0) is 5.54 Å². The van der Waals surface area contributed by atoms with Gasteiger partial charge in [0.15, 0.2) is 0 Å². The number of carbonyl (C=O) groups excluding carboxylic acids is 1. The molecule has 0 fully saturated rings. The first-order chi connectivity index (χ1) is 8.99. The number of rotatable bonds is 3. The fourth-order valence-electron chi connectivity index (χ4n) is 1.79. The summed E-state index contributed by atoms with van der Waals surface area (Å²) in [7, 11) is 0. The summed E-state index contributed by atoms with van der Waals surface area (Å²) in [6.07, 6.45) is 3.48. The van der Waals surface area contributed by atoms with E-state index in [0.29, 0.717) is 5.56 Å². The van der Waals surface area contributed by atoms with Gasteiger partial charge in [-0.15, -0.1) is 0 Å². The van der Waals surface area contributed by atoms with Crippen LogP contribution >= 0.6 is 15.9 Å². The molecule has 3 nitrogen and oxygen atoms in total. The summed E-state index contributed by atoms with van der Waals surface area (Å²) < 4.78 is 0.888. The number of hydrogen-bond donors (Lipinski definition) is 1. The fourth-order valence-corrected chi connectivity index (χ4v) is 2.19. The molecule has 0 aliphatic heterocycles. The second-order valence-corrected chi connectivity index (χ2v) is 5.75. The first-order valence-corrected chi connectivity index (χ1v) is 6.77. The minimum Gasteiger partial charge on any atom is -0.343 e. The molecule has 1 heterocycles. The van der Waals surface area contributed by atoms with Crippen molar-refractivity contribution in [2.45, 2.75) is 19.4 Å². The predicted octanol–water partition coefficient (Wildman–Crippen LogP) is 3.51. The van der Waals surface area contributed by atoms with E-state index in [1.54, 1.807) is 24.5 Å². The van der Waals surface area contributed by atoms with E-state index in [-0.39, 0.29) is 5.91 Å². The molecule has 2 aromatic rings. The van der Waals surface area contributed by atoms with E-state index in [4.69, 9.17) is 0 Å². The number of carbonyl (C=O) groups is 1. The van der Waals surface area contributed by atoms with Gasteiger partial charge in [0.2, 0.25) is 0 Å². The summed E-state index contributed by atoms with van der Waals surface area (Å²) >= 11 is 3.36. The Bertz CT molecular complexity index is 582. The summed E-state index contributed by atoms with van der Waals surface area (Å²) in [6.45, 7) is 3.92. The lowest BCUT2D eigenvalue weighted by molar-refractivity contribution is 0.0912. The van der Waals surface area contributed by atoms with E-state index in [9.17, 15) is 4.79 Å². The Hall–Kier alpha value is -1.68. The van der Waals surface area contributed by atoms with Crippen molar-refractivity contribution in [2.75, 3.05) is 0 Å². The van der Waals surface area contributed by atoms with Gasteiger partial charge in [0.25, 0.3) is 5.91 Å². The van der Waals surface area contributed by atoms with Crippen molar-refractivity contribution in [3.05, 3.63) is 64.4 Å². The number of nitrogens with zero attached hydrogens (tertiary/aromatic N) is 1. The van der Waals surface area contributed by atoms with Gasteiger partial charge in [-0.05, 0) is 43.7 Å². The van der Waals surface area contributed by atoms with E-state index in [1.165, 1.54) is 0 Å². The van der Waals surface area contributed by atoms with E-state index in [0.717, 1.165) is 10.0 Å². The van der Waals surface area contributed by atoms with Crippen molar-refractivity contribution >= 4 is 21.8 Å². The molecule has 1 N–H and O–H groups in total. The molecule has 0 saturated carbocycles. The van der Waals surface area contributed by atoms with Crippen molar-refractivity contribution in [1.82, 2.24) is 10.3 Å². The molecule has 0 bridgehead atoms. The van der Waals surface area contributed by atoms with Crippen LogP contribution in [0.25, 0.3) is 0 Å². The number of hydrogen-bond acceptors (Lipinski definition) is 2. The molecule has 4 heteroatoms. The maximum atomic E-state index is 12.2. The molecule has 1 aromatic carbocycles. The third kappa shape index (κ3) is 3.41. The van der Waals surface area contributed by atoms with Gasteiger partial charge in [0.05, 0.1) is 5.54 Å². The highest BCUT2D eigenvalue weighted by Crippen LogP contribution is 2.20. The molecular weight excluding hydrogens is 304 g/mol. The summed E-state index contributed by atoms with van der Waals surface area (Å²) in [5, 5.41) is 3.02. The number of benzene rings is 1. The van der Waals surface area contributed by atoms with Crippen LogP contribution < -0.4 is 5.32 Å². The molecule has 0 aliphatic rings. The lowest BCUT2D eigenvalue weighted by atomic mass is 9.95. The first-order valence-electron chi connectivity index (χ1n) is 5.97. The Kier molecular flexibility index (Phi) is 4.00. The van der Waals surface area contributed by atoms with Gasteiger partial charge in [0.1, 0.15) is 0 Å². The third-order valence-corrected chi connectivity index (χ3v) is 3.39. The number of amides is 1. The third-order valence-electron chi connectivity index (χ3n) is 2.90. The summed E-state index contributed by atoms with van der Waals surface area (Å²) in [5.41, 5.74) is 1.14. The van der Waals surface area contributed by atoms with Crippen LogP contribution in [0.1, 0.15) is 29.8 Å². The van der Waals surface area contributed by atoms with Crippen molar-refractivity contribution in [3.63, 3.8) is 0 Å². The monoisotopic (exact) mass is 318 g/mol. The average molecular weight is 319 g/mol. The summed E-state index contributed by atoms with van der Waals surface area (Å²) in [4.78, 5) is 16.3. The van der Waals surface area contributed by atoms with Crippen molar-refractivity contribution in [1.29, 1.82) is 0 Å². The minimum absolute atomic E-state index is 0.102. The van der Waals surface area contributed by atoms with Gasteiger partial charge in [-0.3, -0.25) is 9.78 Å². The average Bonchev–Trinajstić information content (AvgIpc) is 2.39. The molecular formula is C15H15BrN2O. The number of nitrogens with one attached hydrogen (secondary N) is 1. The molecule has 1 amide bonds. The molecule has 0 saturated heterocycles. The summed E-state index contributed by atoms with van der Waals surface area (Å²) in [6, 6.07) is 11.1. The maximum absolute atomic E-state index is 12.2. The Morgan fingerprint density at radius 3 is 2.68 bits per heavy atom. The van der Waals surface area contributed by atoms with E-state index >= 15 is 0 Å².